The number of nitrogens with zero attached hydrogens (tertiary/aromatic N) is 3. The van der Waals surface area contributed by atoms with Gasteiger partial charge in [0.25, 0.3) is 0 Å². The van der Waals surface area contributed by atoms with E-state index in [1.165, 1.54) is 0 Å². The van der Waals surface area contributed by atoms with Crippen LogP contribution >= 0.6 is 0 Å². The molecule has 1 aromatic heterocycles. The second kappa shape index (κ2) is 6.81. The molecule has 0 aromatic carbocycles. The van der Waals surface area contributed by atoms with Gasteiger partial charge in [0.05, 0.1) is 6.61 Å². The van der Waals surface area contributed by atoms with Gasteiger partial charge < -0.3 is 15.3 Å². The van der Waals surface area contributed by atoms with Crippen LogP contribution in [0.4, 0.5) is 20.4 Å². The Balaban J connectivity index is 2.15. The first-order valence-electron chi connectivity index (χ1n) is 6.77. The Morgan fingerprint density at radius 1 is 1.25 bits per heavy atom. The van der Waals surface area contributed by atoms with Crippen LogP contribution in [-0.2, 0) is 0 Å². The molecule has 1 aliphatic heterocycles. The van der Waals surface area contributed by atoms with Crippen molar-refractivity contribution in [2.24, 2.45) is 0 Å². The Morgan fingerprint density at radius 3 is 2.75 bits per heavy atom. The van der Waals surface area contributed by atoms with Crippen molar-refractivity contribution in [3.63, 3.8) is 0 Å². The molecule has 7 heteroatoms. The number of halogens is 2. The van der Waals surface area contributed by atoms with Gasteiger partial charge in [0.1, 0.15) is 0 Å². The monoisotopic (exact) mass is 286 g/mol. The van der Waals surface area contributed by atoms with Crippen molar-refractivity contribution in [2.75, 3.05) is 56.6 Å². The van der Waals surface area contributed by atoms with Crippen LogP contribution in [-0.4, -0.2) is 61.4 Å². The maximum Gasteiger partial charge on any atom is 0.168 e. The van der Waals surface area contributed by atoms with Crippen molar-refractivity contribution in [1.82, 2.24) is 9.88 Å². The van der Waals surface area contributed by atoms with E-state index in [0.29, 0.717) is 19.6 Å². The molecule has 0 radical (unpaired) electrons. The van der Waals surface area contributed by atoms with Crippen LogP contribution in [0.5, 0.6) is 0 Å². The minimum atomic E-state index is -0.689. The smallest absolute Gasteiger partial charge is 0.168 e. The molecule has 2 heterocycles. The molecular weight excluding hydrogens is 266 g/mol. The summed E-state index contributed by atoms with van der Waals surface area (Å²) in [5.41, 5.74) is 0. The highest BCUT2D eigenvalue weighted by atomic mass is 19.1. The molecule has 0 bridgehead atoms. The lowest BCUT2D eigenvalue weighted by atomic mass is 10.3. The minimum absolute atomic E-state index is 0.0536. The van der Waals surface area contributed by atoms with E-state index in [4.69, 9.17) is 5.11 Å². The summed E-state index contributed by atoms with van der Waals surface area (Å²) in [4.78, 5) is 7.98. The zero-order valence-corrected chi connectivity index (χ0v) is 11.6. The van der Waals surface area contributed by atoms with Crippen LogP contribution < -0.4 is 10.2 Å². The van der Waals surface area contributed by atoms with Gasteiger partial charge in [-0.05, 0) is 13.0 Å². The van der Waals surface area contributed by atoms with Crippen molar-refractivity contribution in [3.8, 4) is 0 Å². The third kappa shape index (κ3) is 3.34. The van der Waals surface area contributed by atoms with Gasteiger partial charge in [0.2, 0.25) is 0 Å². The third-order valence-corrected chi connectivity index (χ3v) is 3.45. The van der Waals surface area contributed by atoms with E-state index in [-0.39, 0.29) is 18.2 Å². The summed E-state index contributed by atoms with van der Waals surface area (Å²) in [7, 11) is 1.55. The topological polar surface area (TPSA) is 51.6 Å². The highest BCUT2D eigenvalue weighted by Gasteiger charge is 2.20. The van der Waals surface area contributed by atoms with Crippen LogP contribution in [0.1, 0.15) is 6.42 Å². The molecule has 1 aliphatic rings. The van der Waals surface area contributed by atoms with Gasteiger partial charge in [-0.1, -0.05) is 0 Å². The largest absolute Gasteiger partial charge is 0.395 e. The maximum absolute atomic E-state index is 13.9. The normalized spacial score (nSPS) is 17.1. The average Bonchev–Trinajstić information content (AvgIpc) is 2.65. The molecule has 0 spiro atoms. The molecule has 1 aromatic rings. The van der Waals surface area contributed by atoms with E-state index in [0.717, 1.165) is 25.6 Å². The number of aliphatic hydroxyl groups excluding tert-OH is 1. The minimum Gasteiger partial charge on any atom is -0.395 e. The second-order valence-electron chi connectivity index (χ2n) is 4.78. The summed E-state index contributed by atoms with van der Waals surface area (Å²) >= 11 is 0. The summed E-state index contributed by atoms with van der Waals surface area (Å²) in [6, 6.07) is 0.866. The highest BCUT2D eigenvalue weighted by molar-refractivity contribution is 5.49. The molecule has 0 unspecified atom stereocenters. The molecule has 0 atom stereocenters. The second-order valence-corrected chi connectivity index (χ2v) is 4.78. The van der Waals surface area contributed by atoms with Gasteiger partial charge in [-0.3, -0.25) is 4.90 Å². The summed E-state index contributed by atoms with van der Waals surface area (Å²) in [5, 5.41) is 11.6. The van der Waals surface area contributed by atoms with Gasteiger partial charge in [-0.25, -0.2) is 13.8 Å². The first-order chi connectivity index (χ1) is 9.65. The van der Waals surface area contributed by atoms with Crippen molar-refractivity contribution in [3.05, 3.63) is 17.7 Å². The predicted molar refractivity (Wildman–Crippen MR) is 74.1 cm³/mol. The molecule has 20 heavy (non-hydrogen) atoms. The first kappa shape index (κ1) is 14.9. The molecule has 112 valence electrons. The van der Waals surface area contributed by atoms with Crippen molar-refractivity contribution in [2.45, 2.75) is 6.42 Å². The number of anilines is 2. The number of hydrogen-bond donors (Lipinski definition) is 2. The van der Waals surface area contributed by atoms with Crippen LogP contribution in [0.3, 0.4) is 0 Å². The summed E-state index contributed by atoms with van der Waals surface area (Å²) in [6.45, 7) is 3.61. The fourth-order valence-corrected chi connectivity index (χ4v) is 2.40. The highest BCUT2D eigenvalue weighted by Crippen LogP contribution is 2.23. The number of aliphatic hydroxyl groups is 1. The predicted octanol–water partition coefficient (Wildman–Crippen LogP) is 0.906. The van der Waals surface area contributed by atoms with Crippen molar-refractivity contribution >= 4 is 11.6 Å². The van der Waals surface area contributed by atoms with E-state index in [2.05, 4.69) is 15.2 Å². The fraction of sp³-hybridized carbons (Fsp3) is 0.615. The van der Waals surface area contributed by atoms with Crippen LogP contribution in [0.25, 0.3) is 0 Å². The maximum atomic E-state index is 13.9. The summed E-state index contributed by atoms with van der Waals surface area (Å²) in [6.07, 6.45) is 0.855. The molecule has 2 rings (SSSR count). The van der Waals surface area contributed by atoms with E-state index in [1.54, 1.807) is 7.05 Å². The number of β-amino-alcohol motifs (C(OH)–C–C–N with tert-alkyl or cyclic N) is 1. The molecule has 0 amide bonds. The molecule has 1 saturated heterocycles. The lowest BCUT2D eigenvalue weighted by Crippen LogP contribution is -2.33. The van der Waals surface area contributed by atoms with E-state index in [1.807, 2.05) is 4.90 Å². The number of hydrogen-bond acceptors (Lipinski definition) is 5. The summed E-state index contributed by atoms with van der Waals surface area (Å²) in [5.74, 6) is -1.10. The Morgan fingerprint density at radius 2 is 2.05 bits per heavy atom. The van der Waals surface area contributed by atoms with Gasteiger partial charge in [0, 0.05) is 39.3 Å². The summed E-state index contributed by atoms with van der Waals surface area (Å²) < 4.78 is 27.3. The van der Waals surface area contributed by atoms with Gasteiger partial charge >= 0.3 is 0 Å². The first-order valence-corrected chi connectivity index (χ1v) is 6.77. The van der Waals surface area contributed by atoms with Gasteiger partial charge in [-0.2, -0.15) is 0 Å². The van der Waals surface area contributed by atoms with E-state index >= 15 is 0 Å². The number of pyridine rings is 1. The van der Waals surface area contributed by atoms with Gasteiger partial charge in [-0.15, -0.1) is 0 Å². The standard InChI is InChI=1S/C13H20F2N4O/c1-16-12-10(14)9-11(15)13(17-12)19-4-2-3-18(5-6-19)7-8-20/h9,20H,2-8H2,1H3,(H,16,17). The zero-order chi connectivity index (χ0) is 14.5. The molecule has 5 nitrogen and oxygen atoms in total. The SMILES string of the molecule is CNc1nc(N2CCCN(CCO)CC2)c(F)cc1F. The van der Waals surface area contributed by atoms with Crippen molar-refractivity contribution < 1.29 is 13.9 Å². The third-order valence-electron chi connectivity index (χ3n) is 3.45. The Bertz CT molecular complexity index is 458. The lowest BCUT2D eigenvalue weighted by Gasteiger charge is -2.23. The van der Waals surface area contributed by atoms with Crippen LogP contribution in [0.15, 0.2) is 6.07 Å². The van der Waals surface area contributed by atoms with Gasteiger partial charge in [0.15, 0.2) is 23.3 Å². The molecular formula is C13H20F2N4O. The Labute approximate surface area is 117 Å². The van der Waals surface area contributed by atoms with Crippen LogP contribution in [0.2, 0.25) is 0 Å². The number of nitrogens with one attached hydrogen (secondary N) is 1. The zero-order valence-electron chi connectivity index (χ0n) is 11.6. The Hall–Kier alpha value is -1.47. The Kier molecular flexibility index (Phi) is 5.08. The van der Waals surface area contributed by atoms with Crippen LogP contribution in [0, 0.1) is 11.6 Å². The average molecular weight is 286 g/mol. The fourth-order valence-electron chi connectivity index (χ4n) is 2.40. The lowest BCUT2D eigenvalue weighted by molar-refractivity contribution is 0.204. The molecule has 0 aliphatic carbocycles. The quantitative estimate of drug-likeness (QED) is 0.861. The van der Waals surface area contributed by atoms with E-state index in [9.17, 15) is 8.78 Å². The molecule has 0 saturated carbocycles. The molecule has 2 N–H and O–H groups in total. The van der Waals surface area contributed by atoms with Crippen molar-refractivity contribution in [1.29, 1.82) is 0 Å². The number of aromatic nitrogens is 1. The number of rotatable bonds is 4. The van der Waals surface area contributed by atoms with E-state index < -0.39 is 11.6 Å². The molecule has 1 fully saturated rings.